The molecule has 0 unspecified atom stereocenters. The smallest absolute Gasteiger partial charge is 0.333 e. The van der Waals surface area contributed by atoms with Gasteiger partial charge in [-0.1, -0.05) is 12.1 Å². The Morgan fingerprint density at radius 3 is 2.82 bits per heavy atom. The maximum absolute atomic E-state index is 12.2. The van der Waals surface area contributed by atoms with Gasteiger partial charge < -0.3 is 10.4 Å². The monoisotopic (exact) mass is 239 g/mol. The van der Waals surface area contributed by atoms with E-state index in [4.69, 9.17) is 0 Å². The third-order valence-corrected chi connectivity index (χ3v) is 2.19. The molecule has 2 rings (SSSR count). The number of alkyl halides is 2. The van der Waals surface area contributed by atoms with E-state index in [1.165, 1.54) is 12.3 Å². The number of phenolic OH excluding ortho intramolecular Hbond substituents is 1. The Balaban J connectivity index is 1.97. The first-order valence-electron chi connectivity index (χ1n) is 5.00. The number of benzene rings is 1. The van der Waals surface area contributed by atoms with Crippen LogP contribution in [0.25, 0.3) is 0 Å². The van der Waals surface area contributed by atoms with Gasteiger partial charge in [0.15, 0.2) is 0 Å². The highest BCUT2D eigenvalue weighted by Gasteiger charge is 2.06. The highest BCUT2D eigenvalue weighted by molar-refractivity contribution is 5.35. The second-order valence-corrected chi connectivity index (χ2v) is 3.48. The quantitative estimate of drug-likeness (QED) is 0.862. The standard InChI is InChI=1S/C11H11F2N3O/c12-11(13)16-5-4-10(15-16)14-7-8-2-1-3-9(17)6-8/h1-6,11,17H,7H2,(H,14,15). The molecule has 0 saturated heterocycles. The molecule has 0 aliphatic heterocycles. The third kappa shape index (κ3) is 2.93. The predicted molar refractivity (Wildman–Crippen MR) is 58.9 cm³/mol. The molecule has 90 valence electrons. The first-order valence-corrected chi connectivity index (χ1v) is 5.00. The SMILES string of the molecule is Oc1cccc(CNc2ccn(C(F)F)n2)c1. The number of hydrogen-bond donors (Lipinski definition) is 2. The Kier molecular flexibility index (Phi) is 3.22. The zero-order valence-corrected chi connectivity index (χ0v) is 8.85. The molecule has 0 bridgehead atoms. The van der Waals surface area contributed by atoms with Crippen molar-refractivity contribution in [1.29, 1.82) is 0 Å². The number of nitrogens with one attached hydrogen (secondary N) is 1. The van der Waals surface area contributed by atoms with Crippen LogP contribution in [0.1, 0.15) is 12.1 Å². The number of hydrogen-bond acceptors (Lipinski definition) is 3. The average molecular weight is 239 g/mol. The summed E-state index contributed by atoms with van der Waals surface area (Å²) in [5.74, 6) is 0.538. The maximum atomic E-state index is 12.2. The predicted octanol–water partition coefficient (Wildman–Crippen LogP) is 2.60. The summed E-state index contributed by atoms with van der Waals surface area (Å²) in [5, 5.41) is 15.8. The van der Waals surface area contributed by atoms with Gasteiger partial charge >= 0.3 is 6.55 Å². The van der Waals surface area contributed by atoms with E-state index in [-0.39, 0.29) is 5.75 Å². The van der Waals surface area contributed by atoms with Crippen LogP contribution in [0.5, 0.6) is 5.75 Å². The topological polar surface area (TPSA) is 50.1 Å². The van der Waals surface area contributed by atoms with Crippen LogP contribution in [0.15, 0.2) is 36.5 Å². The van der Waals surface area contributed by atoms with Crippen molar-refractivity contribution >= 4 is 5.82 Å². The zero-order valence-electron chi connectivity index (χ0n) is 8.85. The van der Waals surface area contributed by atoms with E-state index < -0.39 is 6.55 Å². The number of nitrogens with zero attached hydrogens (tertiary/aromatic N) is 2. The Morgan fingerprint density at radius 2 is 2.18 bits per heavy atom. The molecule has 0 atom stereocenters. The highest BCUT2D eigenvalue weighted by Crippen LogP contribution is 2.14. The maximum Gasteiger partial charge on any atom is 0.333 e. The lowest BCUT2D eigenvalue weighted by molar-refractivity contribution is 0.0569. The molecule has 0 spiro atoms. The molecule has 4 nitrogen and oxygen atoms in total. The molecule has 2 N–H and O–H groups in total. The minimum absolute atomic E-state index is 0.169. The Bertz CT molecular complexity index is 499. The van der Waals surface area contributed by atoms with E-state index in [0.717, 1.165) is 5.56 Å². The molecule has 0 fully saturated rings. The van der Waals surface area contributed by atoms with Crippen LogP contribution in [0.3, 0.4) is 0 Å². The number of halogens is 2. The van der Waals surface area contributed by atoms with Crippen LogP contribution >= 0.6 is 0 Å². The molecule has 0 amide bonds. The fourth-order valence-electron chi connectivity index (χ4n) is 1.40. The summed E-state index contributed by atoms with van der Waals surface area (Å²) in [7, 11) is 0. The molecule has 1 aromatic heterocycles. The molecule has 0 saturated carbocycles. The van der Waals surface area contributed by atoms with Crippen LogP contribution in [0, 0.1) is 0 Å². The normalized spacial score (nSPS) is 10.8. The lowest BCUT2D eigenvalue weighted by atomic mass is 10.2. The van der Waals surface area contributed by atoms with Gasteiger partial charge in [0.1, 0.15) is 11.6 Å². The first-order chi connectivity index (χ1) is 8.15. The Morgan fingerprint density at radius 1 is 1.35 bits per heavy atom. The Hall–Kier alpha value is -2.11. The van der Waals surface area contributed by atoms with Gasteiger partial charge in [0.05, 0.1) is 0 Å². The number of rotatable bonds is 4. The minimum atomic E-state index is -2.63. The van der Waals surface area contributed by atoms with Crippen LogP contribution in [-0.2, 0) is 6.54 Å². The van der Waals surface area contributed by atoms with Crippen molar-refractivity contribution in [2.24, 2.45) is 0 Å². The molecule has 0 radical (unpaired) electrons. The number of aromatic hydroxyl groups is 1. The van der Waals surface area contributed by atoms with Crippen LogP contribution in [0.4, 0.5) is 14.6 Å². The molecule has 17 heavy (non-hydrogen) atoms. The highest BCUT2D eigenvalue weighted by atomic mass is 19.3. The number of phenols is 1. The molecular weight excluding hydrogens is 228 g/mol. The summed E-state index contributed by atoms with van der Waals surface area (Å²) in [6, 6.07) is 8.15. The molecule has 0 aliphatic rings. The van der Waals surface area contributed by atoms with Crippen molar-refractivity contribution in [3.05, 3.63) is 42.1 Å². The van der Waals surface area contributed by atoms with Gasteiger partial charge in [0, 0.05) is 18.8 Å². The molecule has 0 aliphatic carbocycles. The summed E-state index contributed by atoms with van der Waals surface area (Å²) in [6.07, 6.45) is 1.20. The fourth-order valence-corrected chi connectivity index (χ4v) is 1.40. The van der Waals surface area contributed by atoms with Gasteiger partial charge in [-0.25, -0.2) is 4.68 Å². The van der Waals surface area contributed by atoms with Gasteiger partial charge in [-0.15, -0.1) is 0 Å². The average Bonchev–Trinajstić information content (AvgIpc) is 2.75. The molecule has 2 aromatic rings. The van der Waals surface area contributed by atoms with Crippen molar-refractivity contribution < 1.29 is 13.9 Å². The van der Waals surface area contributed by atoms with Gasteiger partial charge in [0.2, 0.25) is 0 Å². The lowest BCUT2D eigenvalue weighted by Gasteiger charge is -2.03. The second kappa shape index (κ2) is 4.82. The van der Waals surface area contributed by atoms with E-state index in [0.29, 0.717) is 17.0 Å². The molecule has 1 aromatic carbocycles. The van der Waals surface area contributed by atoms with Crippen molar-refractivity contribution in [2.45, 2.75) is 13.1 Å². The summed E-state index contributed by atoms with van der Waals surface area (Å²) in [5.41, 5.74) is 0.844. The Labute approximate surface area is 96.5 Å². The zero-order chi connectivity index (χ0) is 12.3. The van der Waals surface area contributed by atoms with E-state index in [1.807, 2.05) is 6.07 Å². The van der Waals surface area contributed by atoms with Gasteiger partial charge in [-0.2, -0.15) is 13.9 Å². The largest absolute Gasteiger partial charge is 0.508 e. The summed E-state index contributed by atoms with van der Waals surface area (Å²) in [6.45, 7) is -2.22. The van der Waals surface area contributed by atoms with Crippen molar-refractivity contribution in [3.8, 4) is 5.75 Å². The third-order valence-electron chi connectivity index (χ3n) is 2.19. The van der Waals surface area contributed by atoms with Crippen molar-refractivity contribution in [3.63, 3.8) is 0 Å². The molecular formula is C11H11F2N3O. The van der Waals surface area contributed by atoms with E-state index in [9.17, 15) is 13.9 Å². The van der Waals surface area contributed by atoms with Crippen molar-refractivity contribution in [2.75, 3.05) is 5.32 Å². The van der Waals surface area contributed by atoms with Gasteiger partial charge in [-0.3, -0.25) is 0 Å². The fraction of sp³-hybridized carbons (Fsp3) is 0.182. The lowest BCUT2D eigenvalue weighted by Crippen LogP contribution is -2.02. The van der Waals surface area contributed by atoms with Crippen LogP contribution in [0.2, 0.25) is 0 Å². The molecule has 6 heteroatoms. The summed E-state index contributed by atoms with van der Waals surface area (Å²) in [4.78, 5) is 0. The van der Waals surface area contributed by atoms with E-state index in [2.05, 4.69) is 10.4 Å². The number of aromatic nitrogens is 2. The first kappa shape index (κ1) is 11.4. The van der Waals surface area contributed by atoms with Gasteiger partial charge in [0.25, 0.3) is 0 Å². The van der Waals surface area contributed by atoms with Gasteiger partial charge in [-0.05, 0) is 17.7 Å². The summed E-state index contributed by atoms with van der Waals surface area (Å²) < 4.78 is 25.0. The summed E-state index contributed by atoms with van der Waals surface area (Å²) >= 11 is 0. The van der Waals surface area contributed by atoms with E-state index >= 15 is 0 Å². The minimum Gasteiger partial charge on any atom is -0.508 e. The number of anilines is 1. The van der Waals surface area contributed by atoms with Crippen LogP contribution in [-0.4, -0.2) is 14.9 Å². The van der Waals surface area contributed by atoms with Crippen molar-refractivity contribution in [1.82, 2.24) is 9.78 Å². The van der Waals surface area contributed by atoms with E-state index in [1.54, 1.807) is 18.2 Å². The van der Waals surface area contributed by atoms with Crippen LogP contribution < -0.4 is 5.32 Å². The molecule has 1 heterocycles. The second-order valence-electron chi connectivity index (χ2n) is 3.48.